The van der Waals surface area contributed by atoms with Crippen LogP contribution < -0.4 is 4.90 Å². The Morgan fingerprint density at radius 2 is 2.30 bits per heavy atom. The van der Waals surface area contributed by atoms with Crippen LogP contribution in [-0.2, 0) is 4.74 Å². The Hall–Kier alpha value is -2.08. The van der Waals surface area contributed by atoms with Crippen molar-refractivity contribution >= 4 is 17.3 Å². The molecule has 1 fully saturated rings. The van der Waals surface area contributed by atoms with Crippen LogP contribution in [0.15, 0.2) is 18.3 Å². The lowest BCUT2D eigenvalue weighted by Crippen LogP contribution is -2.23. The van der Waals surface area contributed by atoms with E-state index in [4.69, 9.17) is 9.84 Å². The van der Waals surface area contributed by atoms with Crippen LogP contribution in [0.1, 0.15) is 22.6 Å². The predicted molar refractivity (Wildman–Crippen MR) is 74.5 cm³/mol. The van der Waals surface area contributed by atoms with Crippen LogP contribution in [0.2, 0.25) is 0 Å². The first kappa shape index (κ1) is 12.9. The molecule has 1 saturated heterocycles. The number of hydrogen-bond acceptors (Lipinski definition) is 4. The normalized spacial score (nSPS) is 18.9. The number of carboxylic acid groups (broad SMARTS) is 1. The SMILES string of the molecule is CO[C@H]1CCN(c2ccc3nc(C(=O)O)cn3c2C)C1. The predicted octanol–water partition coefficient (Wildman–Crippen LogP) is 1.57. The van der Waals surface area contributed by atoms with Gasteiger partial charge in [-0.25, -0.2) is 9.78 Å². The molecule has 3 rings (SSSR count). The molecular formula is C14H17N3O3. The summed E-state index contributed by atoms with van der Waals surface area (Å²) in [6.45, 7) is 3.80. The highest BCUT2D eigenvalue weighted by atomic mass is 16.5. The molecule has 0 aromatic carbocycles. The molecule has 3 heterocycles. The number of methoxy groups -OCH3 is 1. The Labute approximate surface area is 116 Å². The molecule has 0 spiro atoms. The van der Waals surface area contributed by atoms with Crippen LogP contribution in [0.5, 0.6) is 0 Å². The van der Waals surface area contributed by atoms with Gasteiger partial charge in [0.25, 0.3) is 0 Å². The van der Waals surface area contributed by atoms with Crippen LogP contribution in [0.3, 0.4) is 0 Å². The number of aryl methyl sites for hydroxylation is 1. The Kier molecular flexibility index (Phi) is 3.10. The van der Waals surface area contributed by atoms with Crippen molar-refractivity contribution in [1.82, 2.24) is 9.38 Å². The van der Waals surface area contributed by atoms with Crippen molar-refractivity contribution in [2.24, 2.45) is 0 Å². The molecule has 0 unspecified atom stereocenters. The molecule has 0 aliphatic carbocycles. The summed E-state index contributed by atoms with van der Waals surface area (Å²) in [4.78, 5) is 17.4. The molecule has 20 heavy (non-hydrogen) atoms. The number of ether oxygens (including phenoxy) is 1. The summed E-state index contributed by atoms with van der Waals surface area (Å²) in [7, 11) is 1.74. The van der Waals surface area contributed by atoms with E-state index < -0.39 is 5.97 Å². The number of imidazole rings is 1. The second-order valence-corrected chi connectivity index (χ2v) is 5.06. The number of hydrogen-bond donors (Lipinski definition) is 1. The fourth-order valence-electron chi connectivity index (χ4n) is 2.75. The monoisotopic (exact) mass is 275 g/mol. The molecule has 2 aromatic rings. The summed E-state index contributed by atoms with van der Waals surface area (Å²) in [6.07, 6.45) is 2.85. The first-order valence-electron chi connectivity index (χ1n) is 6.60. The van der Waals surface area contributed by atoms with Gasteiger partial charge in [0.2, 0.25) is 0 Å². The second kappa shape index (κ2) is 4.79. The van der Waals surface area contributed by atoms with Crippen LogP contribution in [-0.4, -0.2) is 46.8 Å². The van der Waals surface area contributed by atoms with Crippen molar-refractivity contribution in [3.8, 4) is 0 Å². The number of nitrogens with zero attached hydrogens (tertiary/aromatic N) is 3. The van der Waals surface area contributed by atoms with Crippen molar-refractivity contribution in [1.29, 1.82) is 0 Å². The molecule has 1 aliphatic heterocycles. The summed E-state index contributed by atoms with van der Waals surface area (Å²) in [5, 5.41) is 9.02. The molecule has 1 atom stereocenters. The summed E-state index contributed by atoms with van der Waals surface area (Å²) in [5.74, 6) is -1.00. The molecule has 1 aliphatic rings. The topological polar surface area (TPSA) is 67.1 Å². The number of pyridine rings is 1. The lowest BCUT2D eigenvalue weighted by atomic mass is 10.3. The van der Waals surface area contributed by atoms with Gasteiger partial charge in [-0.15, -0.1) is 0 Å². The average Bonchev–Trinajstić information content (AvgIpc) is 3.05. The Balaban J connectivity index is 2.00. The first-order chi connectivity index (χ1) is 9.60. The summed E-state index contributed by atoms with van der Waals surface area (Å²) in [5.41, 5.74) is 2.83. The van der Waals surface area contributed by atoms with E-state index in [0.717, 1.165) is 30.9 Å². The van der Waals surface area contributed by atoms with E-state index in [0.29, 0.717) is 5.65 Å². The van der Waals surface area contributed by atoms with Crippen molar-refractivity contribution in [2.75, 3.05) is 25.1 Å². The molecule has 6 heteroatoms. The number of aromatic nitrogens is 2. The lowest BCUT2D eigenvalue weighted by Gasteiger charge is -2.21. The second-order valence-electron chi connectivity index (χ2n) is 5.06. The number of aromatic carboxylic acids is 1. The maximum Gasteiger partial charge on any atom is 0.356 e. The number of carboxylic acids is 1. The molecule has 0 bridgehead atoms. The summed E-state index contributed by atoms with van der Waals surface area (Å²) < 4.78 is 7.22. The fraction of sp³-hybridized carbons (Fsp3) is 0.429. The van der Waals surface area contributed by atoms with Crippen LogP contribution in [0.4, 0.5) is 5.69 Å². The van der Waals surface area contributed by atoms with Crippen molar-refractivity contribution in [3.05, 3.63) is 29.7 Å². The maximum atomic E-state index is 11.0. The summed E-state index contributed by atoms with van der Waals surface area (Å²) >= 11 is 0. The van der Waals surface area contributed by atoms with Crippen LogP contribution >= 0.6 is 0 Å². The Morgan fingerprint density at radius 1 is 1.50 bits per heavy atom. The minimum atomic E-state index is -1.00. The fourth-order valence-corrected chi connectivity index (χ4v) is 2.75. The molecule has 0 amide bonds. The minimum absolute atomic E-state index is 0.0708. The molecule has 106 valence electrons. The number of fused-ring (bicyclic) bond motifs is 1. The van der Waals surface area contributed by atoms with Crippen LogP contribution in [0, 0.1) is 6.92 Å². The van der Waals surface area contributed by atoms with E-state index in [2.05, 4.69) is 9.88 Å². The van der Waals surface area contributed by atoms with Gasteiger partial charge < -0.3 is 19.1 Å². The zero-order valence-corrected chi connectivity index (χ0v) is 11.5. The van der Waals surface area contributed by atoms with Crippen molar-refractivity contribution in [3.63, 3.8) is 0 Å². The number of rotatable bonds is 3. The largest absolute Gasteiger partial charge is 0.476 e. The Morgan fingerprint density at radius 3 is 2.95 bits per heavy atom. The maximum absolute atomic E-state index is 11.0. The number of anilines is 1. The molecule has 1 N–H and O–H groups in total. The molecule has 6 nitrogen and oxygen atoms in total. The third-order valence-corrected chi connectivity index (χ3v) is 3.89. The average molecular weight is 275 g/mol. The zero-order chi connectivity index (χ0) is 14.3. The smallest absolute Gasteiger partial charge is 0.356 e. The van der Waals surface area contributed by atoms with E-state index in [1.54, 1.807) is 13.3 Å². The highest BCUT2D eigenvalue weighted by Crippen LogP contribution is 2.26. The Bertz CT molecular complexity index is 665. The van der Waals surface area contributed by atoms with Gasteiger partial charge in [-0.2, -0.15) is 0 Å². The summed E-state index contributed by atoms with van der Waals surface area (Å²) in [6, 6.07) is 3.86. The quantitative estimate of drug-likeness (QED) is 0.921. The standard InChI is InChI=1S/C14H17N3O3/c1-9-12(16-6-5-10(7-16)20-2)3-4-13-15-11(14(18)19)8-17(9)13/h3-4,8,10H,5-7H2,1-2H3,(H,18,19)/t10-/m0/s1. The molecule has 2 aromatic heterocycles. The van der Waals surface area contributed by atoms with Gasteiger partial charge in [0.1, 0.15) is 5.65 Å². The van der Waals surface area contributed by atoms with E-state index in [9.17, 15) is 4.79 Å². The first-order valence-corrected chi connectivity index (χ1v) is 6.60. The van der Waals surface area contributed by atoms with Crippen LogP contribution in [0.25, 0.3) is 5.65 Å². The molecule has 0 radical (unpaired) electrons. The van der Waals surface area contributed by atoms with Gasteiger partial charge in [0.15, 0.2) is 5.69 Å². The van der Waals surface area contributed by atoms with Gasteiger partial charge in [0, 0.05) is 32.1 Å². The molecular weight excluding hydrogens is 258 g/mol. The van der Waals surface area contributed by atoms with E-state index >= 15 is 0 Å². The van der Waals surface area contributed by atoms with Gasteiger partial charge >= 0.3 is 5.97 Å². The van der Waals surface area contributed by atoms with Crippen molar-refractivity contribution in [2.45, 2.75) is 19.4 Å². The number of carbonyl (C=O) groups is 1. The zero-order valence-electron chi connectivity index (χ0n) is 11.5. The lowest BCUT2D eigenvalue weighted by molar-refractivity contribution is 0.0691. The molecule has 0 saturated carbocycles. The van der Waals surface area contributed by atoms with Gasteiger partial charge in [-0.3, -0.25) is 0 Å². The van der Waals surface area contributed by atoms with E-state index in [1.165, 1.54) is 0 Å². The third kappa shape index (κ3) is 2.02. The third-order valence-electron chi connectivity index (χ3n) is 3.89. The highest BCUT2D eigenvalue weighted by Gasteiger charge is 2.24. The van der Waals surface area contributed by atoms with Crippen molar-refractivity contribution < 1.29 is 14.6 Å². The van der Waals surface area contributed by atoms with E-state index in [-0.39, 0.29) is 11.8 Å². The van der Waals surface area contributed by atoms with Gasteiger partial charge in [0.05, 0.1) is 11.8 Å². The van der Waals surface area contributed by atoms with Gasteiger partial charge in [-0.05, 0) is 25.5 Å². The highest BCUT2D eigenvalue weighted by molar-refractivity contribution is 5.86. The van der Waals surface area contributed by atoms with Gasteiger partial charge in [-0.1, -0.05) is 0 Å². The minimum Gasteiger partial charge on any atom is -0.476 e. The van der Waals surface area contributed by atoms with E-state index in [1.807, 2.05) is 23.5 Å².